The molecule has 1 aromatic heterocycles. The Balaban J connectivity index is 1.39. The molecule has 0 saturated carbocycles. The molecule has 0 saturated heterocycles. The summed E-state index contributed by atoms with van der Waals surface area (Å²) in [6, 6.07) is 21.7. The predicted molar refractivity (Wildman–Crippen MR) is 127 cm³/mol. The first-order valence-corrected chi connectivity index (χ1v) is 11.7. The fourth-order valence-corrected chi connectivity index (χ4v) is 4.28. The van der Waals surface area contributed by atoms with Crippen LogP contribution in [0.4, 0.5) is 5.69 Å². The summed E-state index contributed by atoms with van der Waals surface area (Å²) in [4.78, 5) is 28.3. The van der Waals surface area contributed by atoms with Crippen molar-refractivity contribution in [1.29, 1.82) is 0 Å². The monoisotopic (exact) mass is 459 g/mol. The first-order chi connectivity index (χ1) is 15.8. The molecule has 8 heteroatoms. The maximum Gasteiger partial charge on any atom is 0.255 e. The molecule has 0 aliphatic heterocycles. The summed E-state index contributed by atoms with van der Waals surface area (Å²) in [5, 5.41) is 3.78. The number of carbonyl (C=O) groups is 2. The zero-order chi connectivity index (χ0) is 23.4. The Kier molecular flexibility index (Phi) is 6.30. The number of fused-ring (bicyclic) bond motifs is 1. The Bertz CT molecular complexity index is 1430. The largest absolute Gasteiger partial charge is 0.322 e. The van der Waals surface area contributed by atoms with E-state index in [-0.39, 0.29) is 23.1 Å². The van der Waals surface area contributed by atoms with Crippen LogP contribution < -0.4 is 10.0 Å². The van der Waals surface area contributed by atoms with E-state index in [1.165, 1.54) is 31.2 Å². The number of ketones is 1. The zero-order valence-electron chi connectivity index (χ0n) is 17.8. The highest BCUT2D eigenvalue weighted by atomic mass is 32.2. The van der Waals surface area contributed by atoms with Crippen LogP contribution >= 0.6 is 0 Å². The van der Waals surface area contributed by atoms with Crippen LogP contribution in [0.3, 0.4) is 0 Å². The number of carbonyl (C=O) groups excluding carboxylic acids is 2. The van der Waals surface area contributed by atoms with Gasteiger partial charge < -0.3 is 5.32 Å². The molecule has 0 spiro atoms. The number of amides is 1. The number of benzene rings is 3. The minimum absolute atomic E-state index is 0.0658. The van der Waals surface area contributed by atoms with E-state index >= 15 is 0 Å². The molecule has 0 unspecified atom stereocenters. The highest BCUT2D eigenvalue weighted by Gasteiger charge is 2.14. The van der Waals surface area contributed by atoms with Gasteiger partial charge in [0.2, 0.25) is 10.0 Å². The number of pyridine rings is 1. The Hall–Kier alpha value is -3.88. The van der Waals surface area contributed by atoms with Gasteiger partial charge in [0, 0.05) is 34.9 Å². The van der Waals surface area contributed by atoms with E-state index in [1.54, 1.807) is 36.5 Å². The molecular weight excluding hydrogens is 438 g/mol. The van der Waals surface area contributed by atoms with Crippen molar-refractivity contribution in [3.8, 4) is 0 Å². The molecule has 2 N–H and O–H groups in total. The van der Waals surface area contributed by atoms with Crippen LogP contribution in [-0.2, 0) is 16.6 Å². The lowest BCUT2D eigenvalue weighted by molar-refractivity contribution is 0.101. The van der Waals surface area contributed by atoms with Gasteiger partial charge in [0.05, 0.1) is 10.4 Å². The Morgan fingerprint density at radius 1 is 0.879 bits per heavy atom. The summed E-state index contributed by atoms with van der Waals surface area (Å²) in [5.41, 5.74) is 3.10. The van der Waals surface area contributed by atoms with Gasteiger partial charge >= 0.3 is 0 Å². The smallest absolute Gasteiger partial charge is 0.255 e. The summed E-state index contributed by atoms with van der Waals surface area (Å²) in [7, 11) is -3.73. The van der Waals surface area contributed by atoms with Gasteiger partial charge in [0.25, 0.3) is 5.91 Å². The maximum absolute atomic E-state index is 12.6. The molecule has 1 heterocycles. The molecule has 1 amide bonds. The highest BCUT2D eigenvalue weighted by Crippen LogP contribution is 2.18. The summed E-state index contributed by atoms with van der Waals surface area (Å²) in [5.74, 6) is -0.399. The van der Waals surface area contributed by atoms with E-state index in [4.69, 9.17) is 0 Å². The third-order valence-corrected chi connectivity index (χ3v) is 6.53. The average Bonchev–Trinajstić information content (AvgIpc) is 2.83. The molecule has 0 fully saturated rings. The van der Waals surface area contributed by atoms with Crippen molar-refractivity contribution in [2.75, 3.05) is 5.32 Å². The molecule has 7 nitrogen and oxygen atoms in total. The lowest BCUT2D eigenvalue weighted by Gasteiger charge is -2.09. The van der Waals surface area contributed by atoms with Gasteiger partial charge in [-0.15, -0.1) is 0 Å². The Labute approximate surface area is 191 Å². The molecule has 0 radical (unpaired) electrons. The van der Waals surface area contributed by atoms with Gasteiger partial charge in [-0.05, 0) is 61.0 Å². The number of sulfonamides is 1. The molecule has 33 heavy (non-hydrogen) atoms. The van der Waals surface area contributed by atoms with Crippen LogP contribution in [0.5, 0.6) is 0 Å². The normalized spacial score (nSPS) is 11.3. The van der Waals surface area contributed by atoms with Gasteiger partial charge in [-0.1, -0.05) is 30.3 Å². The molecule has 0 atom stereocenters. The SMILES string of the molecule is CC(=O)c1ccc(S(=O)(=O)NCc2ccc(C(=O)Nc3ccc4ncccc4c3)cc2)cc1. The average molecular weight is 460 g/mol. The zero-order valence-corrected chi connectivity index (χ0v) is 18.6. The number of nitrogens with zero attached hydrogens (tertiary/aromatic N) is 1. The molecule has 4 rings (SSSR count). The second-order valence-corrected chi connectivity index (χ2v) is 9.23. The Morgan fingerprint density at radius 2 is 1.58 bits per heavy atom. The molecule has 166 valence electrons. The molecule has 0 aliphatic carbocycles. The molecule has 4 aromatic rings. The van der Waals surface area contributed by atoms with Crippen LogP contribution in [0, 0.1) is 0 Å². The third kappa shape index (κ3) is 5.31. The van der Waals surface area contributed by atoms with Crippen molar-refractivity contribution in [2.24, 2.45) is 0 Å². The molecular formula is C25H21N3O4S. The second-order valence-electron chi connectivity index (χ2n) is 7.47. The first-order valence-electron chi connectivity index (χ1n) is 10.2. The number of anilines is 1. The number of nitrogens with one attached hydrogen (secondary N) is 2. The number of hydrogen-bond acceptors (Lipinski definition) is 5. The van der Waals surface area contributed by atoms with Crippen molar-refractivity contribution in [3.05, 3.63) is 102 Å². The summed E-state index contributed by atoms with van der Waals surface area (Å²) < 4.78 is 27.5. The second kappa shape index (κ2) is 9.32. The lowest BCUT2D eigenvalue weighted by Crippen LogP contribution is -2.23. The van der Waals surface area contributed by atoms with Crippen molar-refractivity contribution in [1.82, 2.24) is 9.71 Å². The van der Waals surface area contributed by atoms with E-state index in [9.17, 15) is 18.0 Å². The van der Waals surface area contributed by atoms with Crippen molar-refractivity contribution >= 4 is 38.3 Å². The Morgan fingerprint density at radius 3 is 2.27 bits per heavy atom. The van der Waals surface area contributed by atoms with E-state index in [0.29, 0.717) is 22.4 Å². The van der Waals surface area contributed by atoms with Crippen molar-refractivity contribution in [2.45, 2.75) is 18.4 Å². The van der Waals surface area contributed by atoms with Gasteiger partial charge in [0.1, 0.15) is 0 Å². The minimum atomic E-state index is -3.73. The topological polar surface area (TPSA) is 105 Å². The van der Waals surface area contributed by atoms with Gasteiger partial charge in [-0.25, -0.2) is 13.1 Å². The van der Waals surface area contributed by atoms with Crippen LogP contribution in [0.1, 0.15) is 33.2 Å². The third-order valence-electron chi connectivity index (χ3n) is 5.11. The maximum atomic E-state index is 12.6. The quantitative estimate of drug-likeness (QED) is 0.404. The van der Waals surface area contributed by atoms with Crippen LogP contribution in [-0.4, -0.2) is 25.1 Å². The van der Waals surface area contributed by atoms with E-state index in [1.807, 2.05) is 24.3 Å². The van der Waals surface area contributed by atoms with Crippen molar-refractivity contribution < 1.29 is 18.0 Å². The first kappa shape index (κ1) is 22.3. The van der Waals surface area contributed by atoms with Crippen LogP contribution in [0.15, 0.2) is 90.0 Å². The number of Topliss-reactive ketones (excluding diaryl/α,β-unsaturated/α-hetero) is 1. The molecule has 0 aliphatic rings. The van der Waals surface area contributed by atoms with Gasteiger partial charge in [0.15, 0.2) is 5.78 Å². The summed E-state index contributed by atoms with van der Waals surface area (Å²) in [6.07, 6.45) is 1.71. The number of hydrogen-bond donors (Lipinski definition) is 2. The predicted octanol–water partition coefficient (Wildman–Crippen LogP) is 4.17. The summed E-state index contributed by atoms with van der Waals surface area (Å²) >= 11 is 0. The number of aromatic nitrogens is 1. The van der Waals surface area contributed by atoms with Crippen molar-refractivity contribution in [3.63, 3.8) is 0 Å². The van der Waals surface area contributed by atoms with Crippen LogP contribution in [0.25, 0.3) is 10.9 Å². The summed E-state index contributed by atoms with van der Waals surface area (Å²) in [6.45, 7) is 1.49. The van der Waals surface area contributed by atoms with E-state index < -0.39 is 10.0 Å². The minimum Gasteiger partial charge on any atom is -0.322 e. The van der Waals surface area contributed by atoms with Gasteiger partial charge in [-0.2, -0.15) is 0 Å². The fraction of sp³-hybridized carbons (Fsp3) is 0.0800. The van der Waals surface area contributed by atoms with E-state index in [0.717, 1.165) is 10.9 Å². The van der Waals surface area contributed by atoms with Crippen LogP contribution in [0.2, 0.25) is 0 Å². The van der Waals surface area contributed by atoms with E-state index in [2.05, 4.69) is 15.0 Å². The lowest BCUT2D eigenvalue weighted by atomic mass is 10.1. The number of rotatable bonds is 7. The van der Waals surface area contributed by atoms with Gasteiger partial charge in [-0.3, -0.25) is 14.6 Å². The molecule has 3 aromatic carbocycles. The highest BCUT2D eigenvalue weighted by molar-refractivity contribution is 7.89. The molecule has 0 bridgehead atoms. The fourth-order valence-electron chi connectivity index (χ4n) is 3.26. The standard InChI is InChI=1S/C25H21N3O4S/c1-17(29)19-8-11-23(12-9-19)33(31,32)27-16-18-4-6-20(7-5-18)25(30)28-22-10-13-24-21(15-22)3-2-14-26-24/h2-15,27H,16H2,1H3,(H,28,30).